The molecule has 1 unspecified atom stereocenters. The minimum Gasteiger partial charge on any atom is -0.493 e. The van der Waals surface area contributed by atoms with Gasteiger partial charge in [-0.15, -0.1) is 0 Å². The van der Waals surface area contributed by atoms with Crippen LogP contribution in [0.2, 0.25) is 0 Å². The average Bonchev–Trinajstić information content (AvgIpc) is 3.83. The zero-order valence-corrected chi connectivity index (χ0v) is 29.7. The molecule has 1 heterocycles. The van der Waals surface area contributed by atoms with Crippen molar-refractivity contribution in [3.8, 4) is 11.5 Å². The van der Waals surface area contributed by atoms with Gasteiger partial charge in [0.25, 0.3) is 5.91 Å². The van der Waals surface area contributed by atoms with Crippen LogP contribution in [0.1, 0.15) is 74.9 Å². The number of benzene rings is 3. The molecule has 0 radical (unpaired) electrons. The Bertz CT molecular complexity index is 1570. The molecular formula is C40H51N3O6. The van der Waals surface area contributed by atoms with E-state index >= 15 is 0 Å². The maximum atomic E-state index is 14.2. The van der Waals surface area contributed by atoms with E-state index in [9.17, 15) is 14.4 Å². The maximum absolute atomic E-state index is 14.2. The molecular weight excluding hydrogens is 618 g/mol. The van der Waals surface area contributed by atoms with Crippen molar-refractivity contribution < 1.29 is 28.6 Å². The van der Waals surface area contributed by atoms with Gasteiger partial charge in [0.15, 0.2) is 11.5 Å². The first-order chi connectivity index (χ1) is 23.4. The zero-order valence-electron chi connectivity index (χ0n) is 29.7. The summed E-state index contributed by atoms with van der Waals surface area (Å²) < 4.78 is 17.4. The Hall–Kier alpha value is -4.53. The van der Waals surface area contributed by atoms with Gasteiger partial charge in [0.05, 0.1) is 13.0 Å². The quantitative estimate of drug-likeness (QED) is 0.212. The highest BCUT2D eigenvalue weighted by molar-refractivity contribution is 5.95. The van der Waals surface area contributed by atoms with Crippen LogP contribution in [-0.2, 0) is 16.1 Å². The van der Waals surface area contributed by atoms with Gasteiger partial charge >= 0.3 is 6.09 Å². The molecule has 0 spiro atoms. The zero-order chi connectivity index (χ0) is 35.1. The third-order valence-corrected chi connectivity index (χ3v) is 9.26. The normalized spacial score (nSPS) is 18.1. The van der Waals surface area contributed by atoms with Crippen molar-refractivity contribution in [2.75, 3.05) is 33.3 Å². The summed E-state index contributed by atoms with van der Waals surface area (Å²) in [5.74, 6) is 0.916. The Morgan fingerprint density at radius 1 is 0.898 bits per heavy atom. The first-order valence-corrected chi connectivity index (χ1v) is 17.4. The molecule has 2 fully saturated rings. The summed E-state index contributed by atoms with van der Waals surface area (Å²) in [6, 6.07) is 24.9. The number of rotatable bonds is 13. The molecule has 3 atom stereocenters. The van der Waals surface area contributed by atoms with E-state index in [-0.39, 0.29) is 41.7 Å². The molecule has 49 heavy (non-hydrogen) atoms. The van der Waals surface area contributed by atoms with E-state index < -0.39 is 5.60 Å². The van der Waals surface area contributed by atoms with Crippen molar-refractivity contribution in [1.29, 1.82) is 0 Å². The highest BCUT2D eigenvalue weighted by Crippen LogP contribution is 2.43. The molecule has 2 aliphatic rings. The number of hydrogen-bond acceptors (Lipinski definition) is 6. The molecule has 1 saturated heterocycles. The standard InChI is InChI=1S/C40H51N3O6/c1-27(2)43(38(45)31-19-20-34(47-6)35(21-31)48-26-28-13-9-7-10-14-28)25-33-24-42(39(46)49-40(3,4)5)23-32(33)22-41-37(44)36(30-17-18-30)29-15-11-8-12-16-29/h7-16,19-21,27,30,32-33,36H,17-18,22-26H2,1-6H3,(H,41,44)/t32-,33+,36?/m1/s1. The van der Waals surface area contributed by atoms with Gasteiger partial charge in [-0.3, -0.25) is 9.59 Å². The van der Waals surface area contributed by atoms with Crippen LogP contribution in [0.15, 0.2) is 78.9 Å². The molecule has 3 aromatic rings. The van der Waals surface area contributed by atoms with Crippen LogP contribution in [0.4, 0.5) is 4.79 Å². The van der Waals surface area contributed by atoms with E-state index in [1.807, 2.05) is 100 Å². The molecule has 0 aromatic heterocycles. The topological polar surface area (TPSA) is 97.4 Å². The van der Waals surface area contributed by atoms with Crippen LogP contribution in [-0.4, -0.2) is 72.6 Å². The Balaban J connectivity index is 1.33. The Morgan fingerprint density at radius 3 is 2.16 bits per heavy atom. The predicted octanol–water partition coefficient (Wildman–Crippen LogP) is 6.92. The fraction of sp³-hybridized carbons (Fsp3) is 0.475. The first-order valence-electron chi connectivity index (χ1n) is 17.4. The molecule has 3 amide bonds. The monoisotopic (exact) mass is 669 g/mol. The van der Waals surface area contributed by atoms with Crippen molar-refractivity contribution in [3.05, 3.63) is 95.6 Å². The number of amides is 3. The number of methoxy groups -OCH3 is 1. The molecule has 262 valence electrons. The fourth-order valence-corrected chi connectivity index (χ4v) is 6.53. The van der Waals surface area contributed by atoms with Crippen LogP contribution in [0.25, 0.3) is 0 Å². The fourth-order valence-electron chi connectivity index (χ4n) is 6.53. The van der Waals surface area contributed by atoms with Crippen LogP contribution >= 0.6 is 0 Å². The molecule has 1 aliphatic carbocycles. The molecule has 5 rings (SSSR count). The van der Waals surface area contributed by atoms with Gasteiger partial charge in [-0.25, -0.2) is 4.79 Å². The van der Waals surface area contributed by atoms with E-state index in [2.05, 4.69) is 5.32 Å². The van der Waals surface area contributed by atoms with Crippen molar-refractivity contribution in [2.45, 2.75) is 71.6 Å². The number of hydrogen-bond donors (Lipinski definition) is 1. The van der Waals surface area contributed by atoms with Gasteiger partial charge in [0, 0.05) is 49.6 Å². The number of carbonyl (C=O) groups is 3. The molecule has 9 heteroatoms. The van der Waals surface area contributed by atoms with Crippen molar-refractivity contribution >= 4 is 17.9 Å². The van der Waals surface area contributed by atoms with Crippen LogP contribution in [0, 0.1) is 17.8 Å². The molecule has 9 nitrogen and oxygen atoms in total. The molecule has 3 aromatic carbocycles. The lowest BCUT2D eigenvalue weighted by atomic mass is 9.91. The summed E-state index contributed by atoms with van der Waals surface area (Å²) >= 11 is 0. The van der Waals surface area contributed by atoms with Gasteiger partial charge in [-0.05, 0) is 82.7 Å². The number of nitrogens with one attached hydrogen (secondary N) is 1. The molecule has 1 N–H and O–H groups in total. The largest absolute Gasteiger partial charge is 0.493 e. The highest BCUT2D eigenvalue weighted by Gasteiger charge is 2.41. The maximum Gasteiger partial charge on any atom is 0.410 e. The predicted molar refractivity (Wildman–Crippen MR) is 190 cm³/mol. The number of carbonyl (C=O) groups excluding carboxylic acids is 3. The van der Waals surface area contributed by atoms with Crippen LogP contribution in [0.3, 0.4) is 0 Å². The number of likely N-dealkylation sites (tertiary alicyclic amines) is 1. The molecule has 1 aliphatic heterocycles. The molecule has 1 saturated carbocycles. The SMILES string of the molecule is COc1ccc(C(=O)N(C[C@@H]2CN(C(=O)OC(C)(C)C)C[C@H]2CNC(=O)C(c2ccccc2)C2CC2)C(C)C)cc1OCc1ccccc1. The van der Waals surface area contributed by atoms with Crippen molar-refractivity contribution in [3.63, 3.8) is 0 Å². The Morgan fingerprint density at radius 2 is 1.55 bits per heavy atom. The lowest BCUT2D eigenvalue weighted by Crippen LogP contribution is -2.44. The number of nitrogens with zero attached hydrogens (tertiary/aromatic N) is 2. The van der Waals surface area contributed by atoms with E-state index in [1.165, 1.54) is 0 Å². The number of ether oxygens (including phenoxy) is 3. The summed E-state index contributed by atoms with van der Waals surface area (Å²) in [6.45, 7) is 11.5. The van der Waals surface area contributed by atoms with Gasteiger partial charge in [-0.1, -0.05) is 60.7 Å². The second kappa shape index (κ2) is 15.8. The third-order valence-electron chi connectivity index (χ3n) is 9.26. The average molecular weight is 670 g/mol. The van der Waals surface area contributed by atoms with Crippen molar-refractivity contribution in [2.24, 2.45) is 17.8 Å². The Labute approximate surface area is 290 Å². The smallest absolute Gasteiger partial charge is 0.410 e. The summed E-state index contributed by atoms with van der Waals surface area (Å²) in [7, 11) is 1.58. The second-order valence-electron chi connectivity index (χ2n) is 14.6. The summed E-state index contributed by atoms with van der Waals surface area (Å²) in [4.78, 5) is 44.6. The summed E-state index contributed by atoms with van der Waals surface area (Å²) in [5.41, 5.74) is 1.88. The summed E-state index contributed by atoms with van der Waals surface area (Å²) in [6.07, 6.45) is 1.70. The van der Waals surface area contributed by atoms with Crippen LogP contribution in [0.5, 0.6) is 11.5 Å². The van der Waals surface area contributed by atoms with E-state index in [1.54, 1.807) is 30.2 Å². The third kappa shape index (κ3) is 9.55. The first kappa shape index (κ1) is 35.8. The lowest BCUT2D eigenvalue weighted by molar-refractivity contribution is -0.123. The van der Waals surface area contributed by atoms with Crippen molar-refractivity contribution in [1.82, 2.24) is 15.1 Å². The van der Waals surface area contributed by atoms with Gasteiger partial charge < -0.3 is 29.3 Å². The van der Waals surface area contributed by atoms with E-state index in [0.29, 0.717) is 55.8 Å². The lowest BCUT2D eigenvalue weighted by Gasteiger charge is -2.32. The van der Waals surface area contributed by atoms with Crippen LogP contribution < -0.4 is 14.8 Å². The second-order valence-corrected chi connectivity index (χ2v) is 14.6. The minimum absolute atomic E-state index is 0.0150. The minimum atomic E-state index is -0.638. The highest BCUT2D eigenvalue weighted by atomic mass is 16.6. The van der Waals surface area contributed by atoms with Gasteiger partial charge in [-0.2, -0.15) is 0 Å². The van der Waals surface area contributed by atoms with Gasteiger partial charge in [0.2, 0.25) is 5.91 Å². The van der Waals surface area contributed by atoms with E-state index in [4.69, 9.17) is 14.2 Å². The van der Waals surface area contributed by atoms with E-state index in [0.717, 1.165) is 24.0 Å². The van der Waals surface area contributed by atoms with Gasteiger partial charge in [0.1, 0.15) is 12.2 Å². The molecule has 0 bridgehead atoms. The summed E-state index contributed by atoms with van der Waals surface area (Å²) in [5, 5.41) is 3.24. The Kier molecular flexibility index (Phi) is 11.5.